The summed E-state index contributed by atoms with van der Waals surface area (Å²) in [5.74, 6) is 0. The van der Waals surface area contributed by atoms with Gasteiger partial charge in [-0.05, 0) is 54.8 Å². The van der Waals surface area contributed by atoms with Crippen LogP contribution in [0.15, 0.2) is 59.8 Å². The molecule has 5 rings (SSSR count). The summed E-state index contributed by atoms with van der Waals surface area (Å²) in [6, 6.07) is 14.0. The average molecular weight is 399 g/mol. The predicted molar refractivity (Wildman–Crippen MR) is 119 cm³/mol. The van der Waals surface area contributed by atoms with E-state index in [1.807, 2.05) is 43.5 Å². The second kappa shape index (κ2) is 7.65. The van der Waals surface area contributed by atoms with Crippen LogP contribution in [0.25, 0.3) is 21.7 Å². The highest BCUT2D eigenvalue weighted by Crippen LogP contribution is 2.30. The quantitative estimate of drug-likeness (QED) is 0.521. The molecule has 0 aliphatic heterocycles. The van der Waals surface area contributed by atoms with Crippen molar-refractivity contribution >= 4 is 21.7 Å². The molecule has 30 heavy (non-hydrogen) atoms. The lowest BCUT2D eigenvalue weighted by molar-refractivity contribution is 0.0735. The van der Waals surface area contributed by atoms with Crippen LogP contribution in [0.1, 0.15) is 48.5 Å². The van der Waals surface area contributed by atoms with Gasteiger partial charge in [0.2, 0.25) is 0 Å². The number of fused-ring (bicyclic) bond motifs is 3. The minimum absolute atomic E-state index is 0.0695. The zero-order valence-corrected chi connectivity index (χ0v) is 17.1. The van der Waals surface area contributed by atoms with Gasteiger partial charge in [0.25, 0.3) is 5.56 Å². The van der Waals surface area contributed by atoms with Crippen molar-refractivity contribution in [3.8, 4) is 0 Å². The Hall–Kier alpha value is -3.05. The van der Waals surface area contributed by atoms with Crippen molar-refractivity contribution in [2.24, 2.45) is 0 Å². The molecule has 1 N–H and O–H groups in total. The Morgan fingerprint density at radius 2 is 1.83 bits per heavy atom. The van der Waals surface area contributed by atoms with Crippen LogP contribution in [0.5, 0.6) is 0 Å². The zero-order valence-electron chi connectivity index (χ0n) is 17.1. The third-order valence-corrected chi connectivity index (χ3v) is 6.30. The van der Waals surface area contributed by atoms with Crippen molar-refractivity contribution in [1.29, 1.82) is 0 Å². The van der Waals surface area contributed by atoms with Gasteiger partial charge in [-0.15, -0.1) is 0 Å². The summed E-state index contributed by atoms with van der Waals surface area (Å²) in [4.78, 5) is 22.6. The van der Waals surface area contributed by atoms with E-state index in [-0.39, 0.29) is 11.6 Å². The number of benzene rings is 2. The smallest absolute Gasteiger partial charge is 0.261 e. The van der Waals surface area contributed by atoms with Gasteiger partial charge in [-0.2, -0.15) is 0 Å². The maximum atomic E-state index is 13.5. The third-order valence-electron chi connectivity index (χ3n) is 6.30. The molecule has 0 bridgehead atoms. The minimum atomic E-state index is -0.491. The third kappa shape index (κ3) is 3.29. The molecule has 1 aliphatic rings. The number of hydrogen-bond donors (Lipinski definition) is 1. The summed E-state index contributed by atoms with van der Waals surface area (Å²) in [6.07, 6.45) is 7.30. The lowest BCUT2D eigenvalue weighted by Crippen LogP contribution is -2.34. The number of aryl methyl sites for hydroxylation is 1. The Morgan fingerprint density at radius 3 is 2.60 bits per heavy atom. The molecule has 5 heteroatoms. The molecule has 2 aromatic carbocycles. The fraction of sp³-hybridized carbons (Fsp3) is 0.320. The van der Waals surface area contributed by atoms with E-state index < -0.39 is 6.10 Å². The van der Waals surface area contributed by atoms with Crippen LogP contribution in [0.3, 0.4) is 0 Å². The molecule has 0 saturated heterocycles. The molecule has 2 heterocycles. The van der Waals surface area contributed by atoms with Gasteiger partial charge in [0.1, 0.15) is 0 Å². The lowest BCUT2D eigenvalue weighted by atomic mass is 9.92. The molecule has 0 radical (unpaired) electrons. The Kier molecular flexibility index (Phi) is 4.83. The molecule has 5 nitrogen and oxygen atoms in total. The van der Waals surface area contributed by atoms with Gasteiger partial charge in [-0.3, -0.25) is 14.3 Å². The van der Waals surface area contributed by atoms with Crippen LogP contribution in [-0.4, -0.2) is 25.7 Å². The summed E-state index contributed by atoms with van der Waals surface area (Å²) in [5, 5.41) is 13.2. The zero-order chi connectivity index (χ0) is 20.7. The Balaban J connectivity index is 1.70. The van der Waals surface area contributed by atoms with Crippen LogP contribution in [0.2, 0.25) is 0 Å². The number of aliphatic hydroxyl groups is 1. The van der Waals surface area contributed by atoms with Gasteiger partial charge >= 0.3 is 0 Å². The minimum Gasteiger partial charge on any atom is -0.391 e. The molecular formula is C25H25N3O2. The van der Waals surface area contributed by atoms with Crippen LogP contribution < -0.4 is 5.56 Å². The molecule has 1 fully saturated rings. The normalized spacial score (nSPS) is 19.4. The van der Waals surface area contributed by atoms with Gasteiger partial charge in [-0.1, -0.05) is 43.2 Å². The van der Waals surface area contributed by atoms with Gasteiger partial charge < -0.3 is 5.11 Å². The fourth-order valence-electron chi connectivity index (χ4n) is 4.67. The van der Waals surface area contributed by atoms with Gasteiger partial charge in [-0.25, -0.2) is 4.98 Å². The molecule has 1 saturated carbocycles. The van der Waals surface area contributed by atoms with E-state index in [9.17, 15) is 9.90 Å². The predicted octanol–water partition coefficient (Wildman–Crippen LogP) is 4.32. The van der Waals surface area contributed by atoms with Crippen molar-refractivity contribution in [2.75, 3.05) is 0 Å². The Morgan fingerprint density at radius 1 is 1.03 bits per heavy atom. The van der Waals surface area contributed by atoms with Crippen LogP contribution in [0.4, 0.5) is 0 Å². The number of rotatable bonds is 3. The van der Waals surface area contributed by atoms with Crippen molar-refractivity contribution in [3.63, 3.8) is 0 Å². The number of aromatic nitrogens is 3. The molecule has 2 atom stereocenters. The second-order valence-corrected chi connectivity index (χ2v) is 8.34. The highest BCUT2D eigenvalue weighted by atomic mass is 16.3. The topological polar surface area (TPSA) is 68.0 Å². The summed E-state index contributed by atoms with van der Waals surface area (Å²) in [7, 11) is 0. The molecule has 4 aromatic rings. The van der Waals surface area contributed by atoms with Crippen LogP contribution >= 0.6 is 0 Å². The molecule has 152 valence electrons. The first kappa shape index (κ1) is 18.9. The number of hydrogen-bond acceptors (Lipinski definition) is 4. The van der Waals surface area contributed by atoms with Gasteiger partial charge in [0.05, 0.1) is 29.4 Å². The number of nitrogens with zero attached hydrogens (tertiary/aromatic N) is 3. The fourth-order valence-corrected chi connectivity index (χ4v) is 4.67. The van der Waals surface area contributed by atoms with Crippen molar-refractivity contribution < 1.29 is 5.11 Å². The van der Waals surface area contributed by atoms with E-state index in [1.165, 1.54) is 0 Å². The van der Waals surface area contributed by atoms with Gasteiger partial charge in [0, 0.05) is 17.3 Å². The van der Waals surface area contributed by atoms with Crippen LogP contribution in [0, 0.1) is 6.92 Å². The molecule has 0 spiro atoms. The van der Waals surface area contributed by atoms with E-state index in [4.69, 9.17) is 0 Å². The first-order chi connectivity index (χ1) is 14.6. The highest BCUT2D eigenvalue weighted by molar-refractivity contribution is 6.06. The van der Waals surface area contributed by atoms with Crippen LogP contribution in [-0.2, 0) is 6.42 Å². The highest BCUT2D eigenvalue weighted by Gasteiger charge is 2.26. The van der Waals surface area contributed by atoms with E-state index in [0.717, 1.165) is 58.8 Å². The maximum Gasteiger partial charge on any atom is 0.261 e. The van der Waals surface area contributed by atoms with Crippen molar-refractivity contribution in [1.82, 2.24) is 14.5 Å². The maximum absolute atomic E-state index is 13.5. The Bertz CT molecular complexity index is 1280. The second-order valence-electron chi connectivity index (χ2n) is 8.34. The van der Waals surface area contributed by atoms with E-state index in [1.54, 1.807) is 10.9 Å². The van der Waals surface area contributed by atoms with Crippen molar-refractivity contribution in [2.45, 2.75) is 51.2 Å². The first-order valence-corrected chi connectivity index (χ1v) is 10.6. The first-order valence-electron chi connectivity index (χ1n) is 10.6. The largest absolute Gasteiger partial charge is 0.391 e. The number of pyridine rings is 1. The molecule has 2 aromatic heterocycles. The Labute approximate surface area is 175 Å². The molecule has 0 amide bonds. The summed E-state index contributed by atoms with van der Waals surface area (Å²) < 4.78 is 1.65. The number of aliphatic hydroxyl groups excluding tert-OH is 1. The summed E-state index contributed by atoms with van der Waals surface area (Å²) >= 11 is 0. The van der Waals surface area contributed by atoms with E-state index >= 15 is 0 Å². The van der Waals surface area contributed by atoms with Gasteiger partial charge in [0.15, 0.2) is 0 Å². The van der Waals surface area contributed by atoms with Crippen molar-refractivity contribution in [3.05, 3.63) is 82.2 Å². The SMILES string of the molecule is Cc1ccc(Cc2cc3c(=O)n([C@@H]4CCCC[C@@H]4O)cnc3c3ccccc23)cn1. The standard InChI is InChI=1S/C25H25N3O2/c1-16-10-11-17(14-26-16)12-18-13-21-24(20-7-3-2-6-19(18)20)27-15-28(25(21)30)22-8-4-5-9-23(22)29/h2-3,6-7,10-11,13-15,22-23,29H,4-5,8-9,12H2,1H3/t22-,23+/m1/s1. The molecular weight excluding hydrogens is 374 g/mol. The summed E-state index contributed by atoms with van der Waals surface area (Å²) in [5.41, 5.74) is 3.84. The molecule has 0 unspecified atom stereocenters. The average Bonchev–Trinajstić information content (AvgIpc) is 2.77. The monoisotopic (exact) mass is 399 g/mol. The van der Waals surface area contributed by atoms with E-state index in [2.05, 4.69) is 22.1 Å². The van der Waals surface area contributed by atoms with E-state index in [0.29, 0.717) is 11.8 Å². The molecule has 1 aliphatic carbocycles. The summed E-state index contributed by atoms with van der Waals surface area (Å²) in [6.45, 7) is 1.98. The lowest BCUT2D eigenvalue weighted by Gasteiger charge is -2.29.